The Morgan fingerprint density at radius 3 is 2.55 bits per heavy atom. The average Bonchev–Trinajstić information content (AvgIpc) is 2.54. The molecule has 2 rings (SSSR count). The molecule has 4 nitrogen and oxygen atoms in total. The Kier molecular flexibility index (Phi) is 5.53. The van der Waals surface area contributed by atoms with Gasteiger partial charge in [-0.3, -0.25) is 9.59 Å². The third-order valence-corrected chi connectivity index (χ3v) is 3.26. The van der Waals surface area contributed by atoms with Crippen LogP contribution in [0.5, 0.6) is 5.75 Å². The van der Waals surface area contributed by atoms with Crippen LogP contribution in [-0.2, 0) is 13.0 Å². The van der Waals surface area contributed by atoms with Crippen molar-refractivity contribution in [2.45, 2.75) is 39.7 Å². The molecule has 116 valence electrons. The van der Waals surface area contributed by atoms with Gasteiger partial charge in [0.25, 0.3) is 0 Å². The lowest BCUT2D eigenvalue weighted by Gasteiger charge is -2.10. The van der Waals surface area contributed by atoms with E-state index in [-0.39, 0.29) is 29.3 Å². The molecule has 1 aromatic carbocycles. The third-order valence-electron chi connectivity index (χ3n) is 3.26. The molecule has 0 amide bonds. The second-order valence-corrected chi connectivity index (χ2v) is 5.04. The van der Waals surface area contributed by atoms with E-state index >= 15 is 0 Å². The normalized spacial score (nSPS) is 10.5. The van der Waals surface area contributed by atoms with E-state index < -0.39 is 0 Å². The maximum atomic E-state index is 12.2. The van der Waals surface area contributed by atoms with E-state index in [1.54, 1.807) is 0 Å². The van der Waals surface area contributed by atoms with E-state index in [1.165, 1.54) is 6.07 Å². The van der Waals surface area contributed by atoms with Crippen LogP contribution in [0, 0.1) is 0 Å². The summed E-state index contributed by atoms with van der Waals surface area (Å²) in [5, 5.41) is 0. The number of carbonyl (C=O) groups excluding carboxylic acids is 1. The van der Waals surface area contributed by atoms with Gasteiger partial charge in [-0.25, -0.2) is 0 Å². The molecule has 2 aromatic rings. The fraction of sp³-hybridized carbons (Fsp3) is 0.333. The standard InChI is InChI=1S/C18H20O4/c1-3-8-15(19)18-17(16(20)11-14(4-2)22-18)21-12-13-9-6-5-7-10-13/h5-7,9-11H,3-4,8,12H2,1-2H3. The highest BCUT2D eigenvalue weighted by Gasteiger charge is 2.20. The minimum Gasteiger partial charge on any atom is -0.481 e. The van der Waals surface area contributed by atoms with Crippen molar-refractivity contribution in [3.8, 4) is 5.75 Å². The molecule has 0 saturated heterocycles. The topological polar surface area (TPSA) is 56.5 Å². The quantitative estimate of drug-likeness (QED) is 0.730. The number of aryl methyl sites for hydroxylation is 1. The Balaban J connectivity index is 2.32. The van der Waals surface area contributed by atoms with Crippen LogP contribution in [-0.4, -0.2) is 5.78 Å². The van der Waals surface area contributed by atoms with Gasteiger partial charge in [-0.15, -0.1) is 0 Å². The molecule has 0 aliphatic carbocycles. The molecule has 0 radical (unpaired) electrons. The third kappa shape index (κ3) is 3.85. The van der Waals surface area contributed by atoms with Gasteiger partial charge in [-0.1, -0.05) is 44.2 Å². The van der Waals surface area contributed by atoms with Crippen molar-refractivity contribution >= 4 is 5.78 Å². The summed E-state index contributed by atoms with van der Waals surface area (Å²) in [6.07, 6.45) is 1.58. The number of carbonyl (C=O) groups is 1. The molecule has 22 heavy (non-hydrogen) atoms. The van der Waals surface area contributed by atoms with Gasteiger partial charge in [-0.05, 0) is 12.0 Å². The Morgan fingerprint density at radius 2 is 1.91 bits per heavy atom. The molecule has 0 aliphatic heterocycles. The van der Waals surface area contributed by atoms with Gasteiger partial charge in [0.2, 0.25) is 22.7 Å². The van der Waals surface area contributed by atoms with Crippen LogP contribution in [0.25, 0.3) is 0 Å². The van der Waals surface area contributed by atoms with Crippen LogP contribution in [0.2, 0.25) is 0 Å². The van der Waals surface area contributed by atoms with Crippen molar-refractivity contribution in [1.29, 1.82) is 0 Å². The molecular weight excluding hydrogens is 280 g/mol. The molecule has 0 bridgehead atoms. The van der Waals surface area contributed by atoms with Crippen LogP contribution in [0.15, 0.2) is 45.6 Å². The van der Waals surface area contributed by atoms with Crippen molar-refractivity contribution in [2.24, 2.45) is 0 Å². The minimum atomic E-state index is -0.307. The Labute approximate surface area is 129 Å². The fourth-order valence-electron chi connectivity index (χ4n) is 2.10. The van der Waals surface area contributed by atoms with Crippen LogP contribution in [0.3, 0.4) is 0 Å². The van der Waals surface area contributed by atoms with Gasteiger partial charge in [0.15, 0.2) is 0 Å². The average molecular weight is 300 g/mol. The molecule has 0 fully saturated rings. The van der Waals surface area contributed by atoms with Crippen LogP contribution in [0.1, 0.15) is 48.6 Å². The van der Waals surface area contributed by atoms with E-state index in [0.29, 0.717) is 25.0 Å². The van der Waals surface area contributed by atoms with Crippen LogP contribution in [0.4, 0.5) is 0 Å². The first-order chi connectivity index (χ1) is 10.7. The van der Waals surface area contributed by atoms with E-state index in [9.17, 15) is 9.59 Å². The first-order valence-electron chi connectivity index (χ1n) is 7.52. The molecule has 1 heterocycles. The lowest BCUT2D eigenvalue weighted by atomic mass is 10.1. The highest BCUT2D eigenvalue weighted by atomic mass is 16.5. The lowest BCUT2D eigenvalue weighted by Crippen LogP contribution is -2.14. The maximum absolute atomic E-state index is 12.2. The van der Waals surface area contributed by atoms with Gasteiger partial charge in [-0.2, -0.15) is 0 Å². The summed E-state index contributed by atoms with van der Waals surface area (Å²) in [5.41, 5.74) is 0.619. The minimum absolute atomic E-state index is 0.0134. The number of rotatable bonds is 7. The molecule has 0 saturated carbocycles. The molecule has 0 N–H and O–H groups in total. The molecule has 0 unspecified atom stereocenters. The number of benzene rings is 1. The first kappa shape index (κ1) is 16.0. The molecule has 0 spiro atoms. The van der Waals surface area contributed by atoms with Gasteiger partial charge in [0.05, 0.1) is 0 Å². The molecular formula is C18H20O4. The molecule has 0 atom stereocenters. The fourth-order valence-corrected chi connectivity index (χ4v) is 2.10. The Bertz CT molecular complexity index is 686. The van der Waals surface area contributed by atoms with Crippen molar-refractivity contribution in [3.05, 3.63) is 63.7 Å². The number of hydrogen-bond donors (Lipinski definition) is 0. The van der Waals surface area contributed by atoms with Crippen molar-refractivity contribution < 1.29 is 13.9 Å². The van der Waals surface area contributed by atoms with E-state index in [0.717, 1.165) is 5.56 Å². The summed E-state index contributed by atoms with van der Waals surface area (Å²) in [7, 11) is 0. The second-order valence-electron chi connectivity index (χ2n) is 5.04. The lowest BCUT2D eigenvalue weighted by molar-refractivity contribution is 0.0941. The summed E-state index contributed by atoms with van der Waals surface area (Å²) >= 11 is 0. The van der Waals surface area contributed by atoms with Crippen molar-refractivity contribution in [1.82, 2.24) is 0 Å². The van der Waals surface area contributed by atoms with Crippen molar-refractivity contribution in [3.63, 3.8) is 0 Å². The number of hydrogen-bond acceptors (Lipinski definition) is 4. The maximum Gasteiger partial charge on any atom is 0.227 e. The second kappa shape index (κ2) is 7.59. The molecule has 0 aliphatic rings. The number of ketones is 1. The van der Waals surface area contributed by atoms with Crippen LogP contribution < -0.4 is 10.2 Å². The van der Waals surface area contributed by atoms with Gasteiger partial charge in [0.1, 0.15) is 12.4 Å². The zero-order valence-electron chi connectivity index (χ0n) is 12.9. The molecule has 1 aromatic heterocycles. The summed E-state index contributed by atoms with van der Waals surface area (Å²) < 4.78 is 11.2. The highest BCUT2D eigenvalue weighted by Crippen LogP contribution is 2.20. The van der Waals surface area contributed by atoms with Crippen molar-refractivity contribution in [2.75, 3.05) is 0 Å². The van der Waals surface area contributed by atoms with E-state index in [2.05, 4.69) is 0 Å². The van der Waals surface area contributed by atoms with Gasteiger partial charge < -0.3 is 9.15 Å². The predicted molar refractivity (Wildman–Crippen MR) is 84.4 cm³/mol. The zero-order valence-corrected chi connectivity index (χ0v) is 12.9. The predicted octanol–water partition coefficient (Wildman–Crippen LogP) is 3.76. The van der Waals surface area contributed by atoms with E-state index in [1.807, 2.05) is 44.2 Å². The summed E-state index contributed by atoms with van der Waals surface area (Å²) in [4.78, 5) is 24.4. The highest BCUT2D eigenvalue weighted by molar-refractivity contribution is 5.95. The zero-order chi connectivity index (χ0) is 15.9. The summed E-state index contributed by atoms with van der Waals surface area (Å²) in [5.74, 6) is 0.358. The van der Waals surface area contributed by atoms with Crippen LogP contribution >= 0.6 is 0 Å². The van der Waals surface area contributed by atoms with Gasteiger partial charge >= 0.3 is 0 Å². The largest absolute Gasteiger partial charge is 0.481 e. The number of Topliss-reactive ketones (excluding diaryl/α,β-unsaturated/α-hetero) is 1. The Hall–Kier alpha value is -2.36. The Morgan fingerprint density at radius 1 is 1.18 bits per heavy atom. The first-order valence-corrected chi connectivity index (χ1v) is 7.52. The SMILES string of the molecule is CCCC(=O)c1oc(CC)cc(=O)c1OCc1ccccc1. The smallest absolute Gasteiger partial charge is 0.227 e. The van der Waals surface area contributed by atoms with Gasteiger partial charge in [0, 0.05) is 18.9 Å². The van der Waals surface area contributed by atoms with E-state index in [4.69, 9.17) is 9.15 Å². The molecule has 4 heteroatoms. The summed E-state index contributed by atoms with van der Waals surface area (Å²) in [6.45, 7) is 4.00. The number of ether oxygens (including phenoxy) is 1. The summed E-state index contributed by atoms with van der Waals surface area (Å²) in [6, 6.07) is 10.9. The monoisotopic (exact) mass is 300 g/mol.